The molecule has 1 atom stereocenters. The average Bonchev–Trinajstić information content (AvgIpc) is 2.30. The number of hydrogen-bond donors (Lipinski definition) is 1. The predicted octanol–water partition coefficient (Wildman–Crippen LogP) is -0.164. The number of carbonyl (C=O) groups is 1. The van der Waals surface area contributed by atoms with Crippen LogP contribution in [0.4, 0.5) is 0 Å². The number of rotatable bonds is 3. The highest BCUT2D eigenvalue weighted by atomic mass is 16.3. The molecule has 1 fully saturated rings. The van der Waals surface area contributed by atoms with E-state index in [1.165, 1.54) is 0 Å². The Morgan fingerprint density at radius 3 is 2.75 bits per heavy atom. The molecule has 0 aromatic rings. The van der Waals surface area contributed by atoms with Gasteiger partial charge in [-0.05, 0) is 13.3 Å². The quantitative estimate of drug-likeness (QED) is 0.643. The third-order valence-electron chi connectivity index (χ3n) is 2.17. The highest BCUT2D eigenvalue weighted by Gasteiger charge is 2.24. The van der Waals surface area contributed by atoms with E-state index in [4.69, 9.17) is 5.11 Å². The van der Waals surface area contributed by atoms with Crippen molar-refractivity contribution in [3.63, 3.8) is 0 Å². The van der Waals surface area contributed by atoms with E-state index in [9.17, 15) is 4.79 Å². The lowest BCUT2D eigenvalue weighted by atomic mass is 10.3. The van der Waals surface area contributed by atoms with Crippen molar-refractivity contribution in [2.75, 3.05) is 20.1 Å². The van der Waals surface area contributed by atoms with Crippen molar-refractivity contribution in [2.45, 2.75) is 25.9 Å². The Bertz CT molecular complexity index is 170. The third-order valence-corrected chi connectivity index (χ3v) is 2.17. The zero-order chi connectivity index (χ0) is 9.14. The Hall–Kier alpha value is -0.610. The average molecular weight is 172 g/mol. The molecule has 1 unspecified atom stereocenters. The fraction of sp³-hybridized carbons (Fsp3) is 0.875. The Balaban J connectivity index is 2.29. The molecule has 70 valence electrons. The van der Waals surface area contributed by atoms with Crippen LogP contribution < -0.4 is 0 Å². The summed E-state index contributed by atoms with van der Waals surface area (Å²) in [6.45, 7) is 3.32. The summed E-state index contributed by atoms with van der Waals surface area (Å²) in [6.07, 6.45) is 1.04. The molecule has 4 nitrogen and oxygen atoms in total. The molecule has 1 rings (SSSR count). The van der Waals surface area contributed by atoms with E-state index in [1.54, 1.807) is 19.0 Å². The molecular formula is C8H16N2O2. The van der Waals surface area contributed by atoms with E-state index >= 15 is 0 Å². The summed E-state index contributed by atoms with van der Waals surface area (Å²) in [4.78, 5) is 11.1. The van der Waals surface area contributed by atoms with Crippen molar-refractivity contribution >= 4 is 5.91 Å². The van der Waals surface area contributed by atoms with Gasteiger partial charge in [-0.25, -0.2) is 5.01 Å². The number of amides is 1. The predicted molar refractivity (Wildman–Crippen MR) is 45.3 cm³/mol. The second-order valence-corrected chi connectivity index (χ2v) is 3.26. The summed E-state index contributed by atoms with van der Waals surface area (Å²) in [7, 11) is 1.78. The van der Waals surface area contributed by atoms with Crippen molar-refractivity contribution in [3.05, 3.63) is 0 Å². The minimum atomic E-state index is -0.283. The van der Waals surface area contributed by atoms with Crippen LogP contribution in [0.3, 0.4) is 0 Å². The lowest BCUT2D eigenvalue weighted by Crippen LogP contribution is -2.37. The molecule has 0 bridgehead atoms. The zero-order valence-electron chi connectivity index (χ0n) is 7.66. The molecule has 1 aliphatic rings. The van der Waals surface area contributed by atoms with Crippen LogP contribution in [-0.4, -0.2) is 47.3 Å². The largest absolute Gasteiger partial charge is 0.393 e. The molecule has 0 saturated carbocycles. The zero-order valence-corrected chi connectivity index (χ0v) is 7.66. The molecule has 0 radical (unpaired) electrons. The van der Waals surface area contributed by atoms with Gasteiger partial charge in [0, 0.05) is 26.6 Å². The van der Waals surface area contributed by atoms with E-state index in [1.807, 2.05) is 5.01 Å². The molecule has 1 amide bonds. The Morgan fingerprint density at radius 2 is 2.33 bits per heavy atom. The molecular weight excluding hydrogens is 156 g/mol. The van der Waals surface area contributed by atoms with Crippen LogP contribution in [0.25, 0.3) is 0 Å². The number of hydrogen-bond acceptors (Lipinski definition) is 3. The number of aliphatic hydroxyl groups excluding tert-OH is 1. The Labute approximate surface area is 72.7 Å². The molecule has 0 aliphatic carbocycles. The minimum absolute atomic E-state index is 0.167. The van der Waals surface area contributed by atoms with Crippen molar-refractivity contribution in [3.8, 4) is 0 Å². The first-order chi connectivity index (χ1) is 5.61. The molecule has 12 heavy (non-hydrogen) atoms. The Kier molecular flexibility index (Phi) is 3.05. The number of hydrazine groups is 1. The van der Waals surface area contributed by atoms with Crippen LogP contribution in [0.5, 0.6) is 0 Å². The summed E-state index contributed by atoms with van der Waals surface area (Å²) in [6, 6.07) is 0. The van der Waals surface area contributed by atoms with Gasteiger partial charge in [-0.15, -0.1) is 0 Å². The van der Waals surface area contributed by atoms with E-state index in [-0.39, 0.29) is 12.0 Å². The monoisotopic (exact) mass is 172 g/mol. The highest BCUT2D eigenvalue weighted by Crippen LogP contribution is 2.09. The topological polar surface area (TPSA) is 43.8 Å². The van der Waals surface area contributed by atoms with Crippen molar-refractivity contribution in [1.29, 1.82) is 0 Å². The molecule has 1 aliphatic heterocycles. The second-order valence-electron chi connectivity index (χ2n) is 3.26. The number of aliphatic hydroxyl groups is 1. The van der Waals surface area contributed by atoms with E-state index in [0.717, 1.165) is 19.5 Å². The molecule has 1 saturated heterocycles. The summed E-state index contributed by atoms with van der Waals surface area (Å²) < 4.78 is 0. The first kappa shape index (κ1) is 9.48. The van der Waals surface area contributed by atoms with Gasteiger partial charge < -0.3 is 5.11 Å². The minimum Gasteiger partial charge on any atom is -0.393 e. The maximum Gasteiger partial charge on any atom is 0.237 e. The van der Waals surface area contributed by atoms with Crippen LogP contribution in [0.1, 0.15) is 19.8 Å². The molecule has 1 heterocycles. The maximum atomic E-state index is 11.1. The summed E-state index contributed by atoms with van der Waals surface area (Å²) in [5.74, 6) is 0.167. The Morgan fingerprint density at radius 1 is 1.67 bits per heavy atom. The van der Waals surface area contributed by atoms with Gasteiger partial charge in [0.05, 0.1) is 6.10 Å². The van der Waals surface area contributed by atoms with E-state index < -0.39 is 0 Å². The van der Waals surface area contributed by atoms with E-state index in [2.05, 4.69) is 0 Å². The van der Waals surface area contributed by atoms with Gasteiger partial charge in [0.1, 0.15) is 0 Å². The molecule has 0 aromatic heterocycles. The fourth-order valence-corrected chi connectivity index (χ4v) is 1.29. The number of nitrogens with zero attached hydrogens (tertiary/aromatic N) is 2. The fourth-order valence-electron chi connectivity index (χ4n) is 1.29. The van der Waals surface area contributed by atoms with Gasteiger partial charge in [-0.2, -0.15) is 0 Å². The van der Waals surface area contributed by atoms with E-state index in [0.29, 0.717) is 6.42 Å². The SMILES string of the molecule is CC(O)CCN1CCC(=O)N1C. The first-order valence-electron chi connectivity index (χ1n) is 4.30. The maximum absolute atomic E-state index is 11.1. The standard InChI is InChI=1S/C8H16N2O2/c1-7(11)3-5-10-6-4-8(12)9(10)2/h7,11H,3-6H2,1-2H3. The molecule has 0 spiro atoms. The van der Waals surface area contributed by atoms with Crippen LogP contribution in [0.2, 0.25) is 0 Å². The lowest BCUT2D eigenvalue weighted by Gasteiger charge is -2.24. The number of carbonyl (C=O) groups excluding carboxylic acids is 1. The summed E-state index contributed by atoms with van der Waals surface area (Å²) in [5, 5.41) is 12.6. The molecule has 4 heteroatoms. The van der Waals surface area contributed by atoms with Gasteiger partial charge >= 0.3 is 0 Å². The lowest BCUT2D eigenvalue weighted by molar-refractivity contribution is -0.135. The van der Waals surface area contributed by atoms with Gasteiger partial charge in [0.25, 0.3) is 0 Å². The van der Waals surface area contributed by atoms with Gasteiger partial charge in [0.2, 0.25) is 5.91 Å². The van der Waals surface area contributed by atoms with Crippen LogP contribution in [-0.2, 0) is 4.79 Å². The second kappa shape index (κ2) is 3.87. The van der Waals surface area contributed by atoms with Gasteiger partial charge in [-0.3, -0.25) is 9.80 Å². The smallest absolute Gasteiger partial charge is 0.237 e. The summed E-state index contributed by atoms with van der Waals surface area (Å²) >= 11 is 0. The van der Waals surface area contributed by atoms with Gasteiger partial charge in [0.15, 0.2) is 0 Å². The highest BCUT2D eigenvalue weighted by molar-refractivity contribution is 5.77. The van der Waals surface area contributed by atoms with Gasteiger partial charge in [-0.1, -0.05) is 0 Å². The third kappa shape index (κ3) is 2.19. The molecule has 0 aromatic carbocycles. The molecule has 1 N–H and O–H groups in total. The van der Waals surface area contributed by atoms with Crippen LogP contribution in [0, 0.1) is 0 Å². The first-order valence-corrected chi connectivity index (χ1v) is 4.30. The van der Waals surface area contributed by atoms with Crippen molar-refractivity contribution in [1.82, 2.24) is 10.0 Å². The van der Waals surface area contributed by atoms with Crippen LogP contribution >= 0.6 is 0 Å². The van der Waals surface area contributed by atoms with Crippen molar-refractivity contribution < 1.29 is 9.90 Å². The van der Waals surface area contributed by atoms with Crippen molar-refractivity contribution in [2.24, 2.45) is 0 Å². The normalized spacial score (nSPS) is 21.9. The van der Waals surface area contributed by atoms with Crippen LogP contribution in [0.15, 0.2) is 0 Å². The summed E-state index contributed by atoms with van der Waals surface area (Å²) in [5.41, 5.74) is 0.